The Hall–Kier alpha value is -1.31. The molecule has 0 aromatic heterocycles. The monoisotopic (exact) mass is 389 g/mol. The van der Waals surface area contributed by atoms with E-state index in [2.05, 4.69) is 22.6 Å². The van der Waals surface area contributed by atoms with Crippen LogP contribution in [0.5, 0.6) is 5.75 Å². The molecule has 0 spiro atoms. The highest BCUT2D eigenvalue weighted by Gasteiger charge is 2.35. The summed E-state index contributed by atoms with van der Waals surface area (Å²) < 4.78 is 10.8. The van der Waals surface area contributed by atoms with Gasteiger partial charge in [-0.2, -0.15) is 0 Å². The fourth-order valence-corrected chi connectivity index (χ4v) is 3.09. The summed E-state index contributed by atoms with van der Waals surface area (Å²) >= 11 is 2.12. The van der Waals surface area contributed by atoms with Crippen LogP contribution in [0, 0.1) is 3.57 Å². The molecule has 1 amide bonds. The van der Waals surface area contributed by atoms with Gasteiger partial charge in [-0.25, -0.2) is 4.79 Å². The molecule has 1 aliphatic heterocycles. The van der Waals surface area contributed by atoms with Crippen molar-refractivity contribution in [2.24, 2.45) is 0 Å². The minimum atomic E-state index is -0.465. The molecule has 0 N–H and O–H groups in total. The Balaban J connectivity index is 2.22. The van der Waals surface area contributed by atoms with Crippen molar-refractivity contribution in [1.29, 1.82) is 0 Å². The highest BCUT2D eigenvalue weighted by atomic mass is 127. The van der Waals surface area contributed by atoms with Gasteiger partial charge >= 0.3 is 5.97 Å². The molecular weight excluding hydrogens is 373 g/mol. The van der Waals surface area contributed by atoms with Crippen LogP contribution in [-0.2, 0) is 9.53 Å². The number of rotatable bonds is 3. The first-order valence-corrected chi connectivity index (χ1v) is 7.38. The van der Waals surface area contributed by atoms with Crippen LogP contribution in [0.4, 0.5) is 0 Å². The van der Waals surface area contributed by atoms with E-state index in [1.807, 2.05) is 0 Å². The topological polar surface area (TPSA) is 55.8 Å². The van der Waals surface area contributed by atoms with Crippen LogP contribution in [0.3, 0.4) is 0 Å². The van der Waals surface area contributed by atoms with Crippen LogP contribution in [-0.4, -0.2) is 43.6 Å². The molecule has 1 aliphatic rings. The Morgan fingerprint density at radius 3 is 2.70 bits per heavy atom. The second-order valence-corrected chi connectivity index (χ2v) is 5.69. The Morgan fingerprint density at radius 2 is 2.10 bits per heavy atom. The number of carbonyl (C=O) groups excluding carboxylic acids is 2. The SMILES string of the molecule is COC(=O)[C@H]1CCCN1C(=O)c1ccc(OC)c(I)c1. The molecular formula is C14H16INO4. The molecule has 1 fully saturated rings. The molecule has 1 saturated heterocycles. The van der Waals surface area contributed by atoms with Crippen LogP contribution in [0.15, 0.2) is 18.2 Å². The maximum Gasteiger partial charge on any atom is 0.328 e. The Morgan fingerprint density at radius 1 is 1.35 bits per heavy atom. The van der Waals surface area contributed by atoms with Gasteiger partial charge in [-0.15, -0.1) is 0 Å². The summed E-state index contributed by atoms with van der Waals surface area (Å²) in [5.41, 5.74) is 0.561. The van der Waals surface area contributed by atoms with Crippen molar-refractivity contribution < 1.29 is 19.1 Å². The van der Waals surface area contributed by atoms with E-state index in [1.54, 1.807) is 30.2 Å². The van der Waals surface area contributed by atoms with Gasteiger partial charge in [0.05, 0.1) is 17.8 Å². The second-order valence-electron chi connectivity index (χ2n) is 4.53. The molecule has 1 aromatic rings. The molecule has 6 heteroatoms. The quantitative estimate of drug-likeness (QED) is 0.587. The van der Waals surface area contributed by atoms with E-state index in [9.17, 15) is 9.59 Å². The van der Waals surface area contributed by atoms with Gasteiger partial charge < -0.3 is 14.4 Å². The predicted octanol–water partition coefficient (Wildman–Crippen LogP) is 2.08. The number of benzene rings is 1. The smallest absolute Gasteiger partial charge is 0.328 e. The molecule has 0 saturated carbocycles. The van der Waals surface area contributed by atoms with Gasteiger partial charge in [0, 0.05) is 12.1 Å². The molecule has 20 heavy (non-hydrogen) atoms. The number of hydrogen-bond donors (Lipinski definition) is 0. The van der Waals surface area contributed by atoms with Crippen LogP contribution in [0.2, 0.25) is 0 Å². The molecule has 2 rings (SSSR count). The molecule has 1 atom stereocenters. The summed E-state index contributed by atoms with van der Waals surface area (Å²) in [6.45, 7) is 0.585. The lowest BCUT2D eigenvalue weighted by Crippen LogP contribution is -2.41. The number of nitrogens with zero attached hydrogens (tertiary/aromatic N) is 1. The lowest BCUT2D eigenvalue weighted by atomic mass is 10.1. The Labute approximate surface area is 131 Å². The third-order valence-electron chi connectivity index (χ3n) is 3.39. The molecule has 108 valence electrons. The number of halogens is 1. The average molecular weight is 389 g/mol. The normalized spacial score (nSPS) is 17.9. The standard InChI is InChI=1S/C14H16INO4/c1-19-12-6-5-9(8-10(12)15)13(17)16-7-3-4-11(16)14(18)20-2/h5-6,8,11H,3-4,7H2,1-2H3/t11-/m1/s1. The number of amides is 1. The van der Waals surface area contributed by atoms with Crippen molar-refractivity contribution >= 4 is 34.5 Å². The van der Waals surface area contributed by atoms with Gasteiger partial charge in [-0.1, -0.05) is 0 Å². The van der Waals surface area contributed by atoms with Gasteiger partial charge in [0.1, 0.15) is 11.8 Å². The molecule has 0 radical (unpaired) electrons. The van der Waals surface area contributed by atoms with Crippen LogP contribution in [0.1, 0.15) is 23.2 Å². The van der Waals surface area contributed by atoms with Crippen molar-refractivity contribution in [3.8, 4) is 5.75 Å². The Kier molecular flexibility index (Phi) is 4.85. The van der Waals surface area contributed by atoms with E-state index in [4.69, 9.17) is 9.47 Å². The third-order valence-corrected chi connectivity index (χ3v) is 4.23. The lowest BCUT2D eigenvalue weighted by Gasteiger charge is -2.22. The first kappa shape index (κ1) is 15.1. The minimum Gasteiger partial charge on any atom is -0.496 e. The van der Waals surface area contributed by atoms with Crippen LogP contribution in [0.25, 0.3) is 0 Å². The molecule has 0 aliphatic carbocycles. The summed E-state index contributed by atoms with van der Waals surface area (Å²) in [6.07, 6.45) is 1.48. The zero-order valence-electron chi connectivity index (χ0n) is 11.4. The zero-order chi connectivity index (χ0) is 14.7. The maximum absolute atomic E-state index is 12.5. The summed E-state index contributed by atoms with van der Waals surface area (Å²) in [5, 5.41) is 0. The number of likely N-dealkylation sites (tertiary alicyclic amines) is 1. The fraction of sp³-hybridized carbons (Fsp3) is 0.429. The van der Waals surface area contributed by atoms with E-state index in [-0.39, 0.29) is 11.9 Å². The number of carbonyl (C=O) groups is 2. The lowest BCUT2D eigenvalue weighted by molar-refractivity contribution is -0.145. The van der Waals surface area contributed by atoms with Crippen molar-refractivity contribution in [2.45, 2.75) is 18.9 Å². The number of ether oxygens (including phenoxy) is 2. The Bertz CT molecular complexity index is 532. The highest BCUT2D eigenvalue weighted by Crippen LogP contribution is 2.25. The largest absolute Gasteiger partial charge is 0.496 e. The van der Waals surface area contributed by atoms with E-state index in [0.717, 1.165) is 15.7 Å². The summed E-state index contributed by atoms with van der Waals surface area (Å²) in [5.74, 6) is 0.241. The van der Waals surface area contributed by atoms with Gasteiger partial charge in [-0.05, 0) is 53.6 Å². The first-order valence-electron chi connectivity index (χ1n) is 6.30. The van der Waals surface area contributed by atoms with E-state index >= 15 is 0 Å². The van der Waals surface area contributed by atoms with E-state index in [0.29, 0.717) is 18.5 Å². The van der Waals surface area contributed by atoms with Crippen molar-refractivity contribution in [3.05, 3.63) is 27.3 Å². The van der Waals surface area contributed by atoms with Gasteiger partial charge in [-0.3, -0.25) is 4.79 Å². The number of methoxy groups -OCH3 is 2. The van der Waals surface area contributed by atoms with Crippen LogP contribution < -0.4 is 4.74 Å². The summed E-state index contributed by atoms with van der Waals surface area (Å²) in [4.78, 5) is 25.8. The average Bonchev–Trinajstić information content (AvgIpc) is 2.94. The van der Waals surface area contributed by atoms with E-state index in [1.165, 1.54) is 7.11 Å². The van der Waals surface area contributed by atoms with Crippen molar-refractivity contribution in [3.63, 3.8) is 0 Å². The summed E-state index contributed by atoms with van der Waals surface area (Å²) in [6, 6.07) is 4.79. The van der Waals surface area contributed by atoms with Crippen molar-refractivity contribution in [2.75, 3.05) is 20.8 Å². The molecule has 1 heterocycles. The maximum atomic E-state index is 12.5. The predicted molar refractivity (Wildman–Crippen MR) is 81.8 cm³/mol. The number of esters is 1. The number of hydrogen-bond acceptors (Lipinski definition) is 4. The van der Waals surface area contributed by atoms with Crippen LogP contribution >= 0.6 is 22.6 Å². The fourth-order valence-electron chi connectivity index (χ4n) is 2.36. The minimum absolute atomic E-state index is 0.140. The van der Waals surface area contributed by atoms with Crippen molar-refractivity contribution in [1.82, 2.24) is 4.90 Å². The third kappa shape index (κ3) is 2.89. The second kappa shape index (κ2) is 6.43. The molecule has 1 aromatic carbocycles. The molecule has 5 nitrogen and oxygen atoms in total. The molecule has 0 bridgehead atoms. The van der Waals surface area contributed by atoms with Gasteiger partial charge in [0.25, 0.3) is 5.91 Å². The zero-order valence-corrected chi connectivity index (χ0v) is 13.5. The first-order chi connectivity index (χ1) is 9.58. The van der Waals surface area contributed by atoms with Gasteiger partial charge in [0.15, 0.2) is 0 Å². The molecule has 0 unspecified atom stereocenters. The highest BCUT2D eigenvalue weighted by molar-refractivity contribution is 14.1. The summed E-state index contributed by atoms with van der Waals surface area (Å²) in [7, 11) is 2.94. The van der Waals surface area contributed by atoms with E-state index < -0.39 is 6.04 Å². The van der Waals surface area contributed by atoms with Gasteiger partial charge in [0.2, 0.25) is 0 Å².